The van der Waals surface area contributed by atoms with Gasteiger partial charge >= 0.3 is 18.0 Å². The Morgan fingerprint density at radius 2 is 1.79 bits per heavy atom. The van der Waals surface area contributed by atoms with Gasteiger partial charge in [-0.3, -0.25) is 9.59 Å². The van der Waals surface area contributed by atoms with E-state index in [2.05, 4.69) is 5.32 Å². The summed E-state index contributed by atoms with van der Waals surface area (Å²) in [7, 11) is 0. The van der Waals surface area contributed by atoms with Gasteiger partial charge in [-0.05, 0) is 27.7 Å². The fraction of sp³-hybridized carbons (Fsp3) is 0.778. The number of rotatable bonds is 6. The Morgan fingerprint density at radius 3 is 2.29 bits per heavy atom. The van der Waals surface area contributed by atoms with Crippen LogP contribution in [0.5, 0.6) is 0 Å². The van der Waals surface area contributed by atoms with Crippen molar-refractivity contribution in [1.82, 2.24) is 10.2 Å². The zero-order valence-corrected chi connectivity index (χ0v) is 16.6. The number of esters is 1. The minimum atomic E-state index is -1.45. The number of nitrogens with zero attached hydrogens (tertiary/aromatic N) is 1. The second-order valence-corrected chi connectivity index (χ2v) is 7.78. The largest absolute Gasteiger partial charge is 0.480 e. The minimum Gasteiger partial charge on any atom is -0.480 e. The quantitative estimate of drug-likeness (QED) is 0.607. The zero-order chi connectivity index (χ0) is 21.1. The number of ether oxygens (including phenoxy) is 3. The van der Waals surface area contributed by atoms with Crippen LogP contribution in [-0.2, 0) is 28.6 Å². The predicted molar refractivity (Wildman–Crippen MR) is 95.3 cm³/mol. The van der Waals surface area contributed by atoms with Crippen molar-refractivity contribution in [2.24, 2.45) is 17.8 Å². The molecule has 1 aliphatic carbocycles. The first kappa shape index (κ1) is 21.9. The van der Waals surface area contributed by atoms with Crippen LogP contribution in [-0.4, -0.2) is 78.5 Å². The molecule has 1 saturated heterocycles. The van der Waals surface area contributed by atoms with Crippen LogP contribution in [0.2, 0.25) is 0 Å². The number of nitrogens with one attached hydrogen (secondary N) is 1. The summed E-state index contributed by atoms with van der Waals surface area (Å²) in [5.74, 6) is -5.01. The number of carboxylic acids is 1. The number of carbonyl (C=O) groups excluding carboxylic acids is 3. The molecule has 1 saturated carbocycles. The number of hydrogen-bond donors (Lipinski definition) is 2. The van der Waals surface area contributed by atoms with E-state index in [0.717, 1.165) is 0 Å². The van der Waals surface area contributed by atoms with Gasteiger partial charge in [0.25, 0.3) is 0 Å². The Morgan fingerprint density at radius 1 is 1.18 bits per heavy atom. The van der Waals surface area contributed by atoms with Gasteiger partial charge in [0.15, 0.2) is 0 Å². The maximum atomic E-state index is 12.9. The Kier molecular flexibility index (Phi) is 6.87. The van der Waals surface area contributed by atoms with Crippen LogP contribution in [0.25, 0.3) is 0 Å². The summed E-state index contributed by atoms with van der Waals surface area (Å²) in [6.45, 7) is 8.17. The number of hydrogen-bond acceptors (Lipinski definition) is 7. The summed E-state index contributed by atoms with van der Waals surface area (Å²) in [6.07, 6.45) is -0.924. The van der Waals surface area contributed by atoms with Crippen LogP contribution in [0.4, 0.5) is 4.79 Å². The van der Waals surface area contributed by atoms with E-state index < -0.39 is 47.4 Å². The van der Waals surface area contributed by atoms with E-state index in [0.29, 0.717) is 26.3 Å². The van der Waals surface area contributed by atoms with Crippen molar-refractivity contribution in [2.45, 2.75) is 39.3 Å². The molecule has 1 heterocycles. The number of alkyl carbamates (subject to hydrolysis) is 1. The van der Waals surface area contributed by atoms with E-state index in [1.807, 2.05) is 0 Å². The molecule has 1 aliphatic heterocycles. The molecule has 10 nitrogen and oxygen atoms in total. The van der Waals surface area contributed by atoms with Gasteiger partial charge < -0.3 is 29.5 Å². The van der Waals surface area contributed by atoms with Crippen molar-refractivity contribution >= 4 is 23.9 Å². The molecule has 10 heteroatoms. The number of aliphatic carboxylic acids is 1. The number of carbonyl (C=O) groups is 4. The normalized spacial score (nSPS) is 25.4. The molecule has 2 fully saturated rings. The zero-order valence-electron chi connectivity index (χ0n) is 16.6. The van der Waals surface area contributed by atoms with Crippen molar-refractivity contribution in [1.29, 1.82) is 0 Å². The molecule has 2 aliphatic rings. The summed E-state index contributed by atoms with van der Waals surface area (Å²) in [6, 6.07) is -1.45. The molecule has 0 spiro atoms. The molecule has 28 heavy (non-hydrogen) atoms. The lowest BCUT2D eigenvalue weighted by atomic mass is 10.1. The molecule has 2 rings (SSSR count). The van der Waals surface area contributed by atoms with Crippen LogP contribution >= 0.6 is 0 Å². The highest BCUT2D eigenvalue weighted by Crippen LogP contribution is 2.50. The van der Waals surface area contributed by atoms with Crippen LogP contribution in [0, 0.1) is 17.8 Å². The molecule has 0 aromatic heterocycles. The molecule has 4 unspecified atom stereocenters. The molecule has 0 aromatic rings. The van der Waals surface area contributed by atoms with Crippen molar-refractivity contribution in [3.05, 3.63) is 0 Å². The third-order valence-electron chi connectivity index (χ3n) is 4.57. The van der Waals surface area contributed by atoms with E-state index in [1.54, 1.807) is 32.6 Å². The van der Waals surface area contributed by atoms with Gasteiger partial charge in [0.05, 0.1) is 31.7 Å². The molecular weight excluding hydrogens is 372 g/mol. The Balaban J connectivity index is 2.18. The Hall–Kier alpha value is -2.36. The molecule has 0 aromatic carbocycles. The first-order valence-corrected chi connectivity index (χ1v) is 9.32. The average Bonchev–Trinajstić information content (AvgIpc) is 3.33. The summed E-state index contributed by atoms with van der Waals surface area (Å²) in [5.41, 5.74) is -0.819. The van der Waals surface area contributed by atoms with Crippen molar-refractivity contribution < 1.29 is 38.5 Å². The van der Waals surface area contributed by atoms with E-state index in [4.69, 9.17) is 14.2 Å². The molecule has 2 N–H and O–H groups in total. The minimum absolute atomic E-state index is 0.109. The molecule has 0 radical (unpaired) electrons. The lowest BCUT2D eigenvalue weighted by Crippen LogP contribution is -2.46. The van der Waals surface area contributed by atoms with Crippen molar-refractivity contribution in [3.63, 3.8) is 0 Å². The number of morpholine rings is 1. The van der Waals surface area contributed by atoms with E-state index in [9.17, 15) is 24.3 Å². The van der Waals surface area contributed by atoms with E-state index >= 15 is 0 Å². The van der Waals surface area contributed by atoms with Crippen molar-refractivity contribution in [3.8, 4) is 0 Å². The highest BCUT2D eigenvalue weighted by Gasteiger charge is 2.65. The van der Waals surface area contributed by atoms with Gasteiger partial charge in [0.2, 0.25) is 5.91 Å². The van der Waals surface area contributed by atoms with Crippen LogP contribution < -0.4 is 5.32 Å². The second kappa shape index (κ2) is 8.76. The number of carboxylic acid groups (broad SMARTS) is 1. The summed E-state index contributed by atoms with van der Waals surface area (Å²) in [4.78, 5) is 50.6. The van der Waals surface area contributed by atoms with Gasteiger partial charge in [-0.25, -0.2) is 9.59 Å². The van der Waals surface area contributed by atoms with Crippen LogP contribution in [0.3, 0.4) is 0 Å². The average molecular weight is 400 g/mol. The molecule has 158 valence electrons. The smallest absolute Gasteiger partial charge is 0.408 e. The summed E-state index contributed by atoms with van der Waals surface area (Å²) >= 11 is 0. The molecule has 0 bridgehead atoms. The first-order chi connectivity index (χ1) is 13.1. The lowest BCUT2D eigenvalue weighted by Gasteiger charge is -2.27. The maximum Gasteiger partial charge on any atom is 0.408 e. The molecule has 4 atom stereocenters. The maximum absolute atomic E-state index is 12.9. The van der Waals surface area contributed by atoms with E-state index in [-0.39, 0.29) is 12.5 Å². The topological polar surface area (TPSA) is 131 Å². The second-order valence-electron chi connectivity index (χ2n) is 7.78. The van der Waals surface area contributed by atoms with Gasteiger partial charge in [-0.1, -0.05) is 0 Å². The van der Waals surface area contributed by atoms with Gasteiger partial charge in [-0.2, -0.15) is 0 Å². The van der Waals surface area contributed by atoms with Gasteiger partial charge in [-0.15, -0.1) is 0 Å². The summed E-state index contributed by atoms with van der Waals surface area (Å²) < 4.78 is 15.3. The van der Waals surface area contributed by atoms with Gasteiger partial charge in [0, 0.05) is 19.0 Å². The monoisotopic (exact) mass is 400 g/mol. The molecular formula is C18H28N2O8. The predicted octanol–water partition coefficient (Wildman–Crippen LogP) is 0.248. The summed E-state index contributed by atoms with van der Waals surface area (Å²) in [5, 5.41) is 11.9. The fourth-order valence-corrected chi connectivity index (χ4v) is 3.36. The van der Waals surface area contributed by atoms with Gasteiger partial charge in [0.1, 0.15) is 11.6 Å². The van der Waals surface area contributed by atoms with Crippen LogP contribution in [0.1, 0.15) is 27.7 Å². The third-order valence-corrected chi connectivity index (χ3v) is 4.57. The first-order valence-electron chi connectivity index (χ1n) is 9.32. The lowest BCUT2D eigenvalue weighted by molar-refractivity contribution is -0.147. The Bertz CT molecular complexity index is 624. The van der Waals surface area contributed by atoms with E-state index in [1.165, 1.54) is 0 Å². The number of amides is 2. The third kappa shape index (κ3) is 5.34. The van der Waals surface area contributed by atoms with Crippen molar-refractivity contribution in [2.75, 3.05) is 32.9 Å². The standard InChI is InChI=1S/C18H28N2O8/c1-5-27-16(24)12-10(11(12)14(21)20-6-8-26-9-7-20)13(15(22)23)19-17(25)28-18(2,3)4/h10-13H,5-9H2,1-4H3,(H,19,25)(H,22,23). The highest BCUT2D eigenvalue weighted by molar-refractivity contribution is 5.94. The van der Waals surface area contributed by atoms with Crippen LogP contribution in [0.15, 0.2) is 0 Å². The Labute approximate surface area is 163 Å². The molecule has 2 amide bonds. The highest BCUT2D eigenvalue weighted by atomic mass is 16.6. The fourth-order valence-electron chi connectivity index (χ4n) is 3.36. The SMILES string of the molecule is CCOC(=O)C1C(C(=O)N2CCOCC2)C1C(NC(=O)OC(C)(C)C)C(=O)O.